The third kappa shape index (κ3) is 586. The zero-order valence-corrected chi connectivity index (χ0v) is 16.3. The molecular weight excluding hydrogens is 565 g/mol. The minimum atomic E-state index is -5.14. The maximum atomic E-state index is 8.66. The van der Waals surface area contributed by atoms with Crippen LogP contribution < -0.4 is 29.4 Å². The molecule has 0 saturated heterocycles. The standard InChI is InChI=1S/2Ce.3H3O4P/c;;3*1-5(2,3)4/h;;3*(H3,1,2,3,4)/q2*+3;;;/p-6. The summed E-state index contributed by atoms with van der Waals surface area (Å²) in [6.07, 6.45) is 0. The van der Waals surface area contributed by atoms with Crippen LogP contribution in [0.1, 0.15) is 0 Å². The Balaban J connectivity index is -0.0000000400. The molecule has 0 heterocycles. The van der Waals surface area contributed by atoms with Gasteiger partial charge in [-0.2, -0.15) is 0 Å². The van der Waals surface area contributed by atoms with E-state index in [-0.39, 0.29) is 83.5 Å². The third-order valence-electron chi connectivity index (χ3n) is 0. The second kappa shape index (κ2) is 14.0. The third-order valence-corrected chi connectivity index (χ3v) is 0. The van der Waals surface area contributed by atoms with Crippen molar-refractivity contribution in [2.24, 2.45) is 0 Å². The van der Waals surface area contributed by atoms with E-state index < -0.39 is 23.5 Å². The van der Waals surface area contributed by atoms with E-state index in [2.05, 4.69) is 0 Å². The van der Waals surface area contributed by atoms with E-state index in [1.165, 1.54) is 0 Å². The van der Waals surface area contributed by atoms with Crippen molar-refractivity contribution in [3.8, 4) is 0 Å². The molecule has 17 heteroatoms. The largest absolute Gasteiger partial charge is 3.00 e. The molecule has 0 aliphatic rings. The van der Waals surface area contributed by atoms with Gasteiger partial charge >= 0.3 is 83.5 Å². The molecule has 0 bridgehead atoms. The van der Waals surface area contributed by atoms with Gasteiger partial charge in [-0.25, -0.2) is 0 Å². The van der Waals surface area contributed by atoms with Crippen LogP contribution in [0.5, 0.6) is 0 Å². The fraction of sp³-hybridized carbons (Fsp3) is 0. The van der Waals surface area contributed by atoms with Crippen molar-refractivity contribution >= 4 is 23.5 Å². The van der Waals surface area contributed by atoms with E-state index in [1.54, 1.807) is 0 Å². The van der Waals surface area contributed by atoms with E-state index in [0.717, 1.165) is 0 Å². The fourth-order valence-electron chi connectivity index (χ4n) is 0. The van der Waals surface area contributed by atoms with Gasteiger partial charge in [-0.1, -0.05) is 0 Å². The van der Waals surface area contributed by atoms with Gasteiger partial charge in [0.05, 0.1) is 23.5 Å². The first-order valence-electron chi connectivity index (χ1n) is 2.24. The van der Waals surface area contributed by atoms with Gasteiger partial charge in [-0.15, -0.1) is 0 Å². The molecule has 98 valence electrons. The maximum Gasteiger partial charge on any atom is 3.00 e. The first-order valence-corrected chi connectivity index (χ1v) is 6.73. The Morgan fingerprint density at radius 3 is 0.529 bits per heavy atom. The number of hydrogen-bond donors (Lipinski definition) is 3. The van der Waals surface area contributed by atoms with Gasteiger partial charge in [0, 0.05) is 0 Å². The zero-order chi connectivity index (χ0) is 13.5. The first-order chi connectivity index (χ1) is 6.00. The van der Waals surface area contributed by atoms with Crippen molar-refractivity contribution in [1.82, 2.24) is 0 Å². The fourth-order valence-corrected chi connectivity index (χ4v) is 0. The molecule has 2 radical (unpaired) electrons. The molecule has 0 saturated carbocycles. The van der Waals surface area contributed by atoms with E-state index in [1.807, 2.05) is 0 Å². The van der Waals surface area contributed by atoms with Crippen LogP contribution >= 0.6 is 23.5 Å². The average Bonchev–Trinajstić information content (AvgIpc) is 1.41. The van der Waals surface area contributed by atoms with Crippen LogP contribution in [0, 0.1) is 83.5 Å². The summed E-state index contributed by atoms with van der Waals surface area (Å²) >= 11 is 0. The summed E-state index contributed by atoms with van der Waals surface area (Å²) in [7, 11) is -15.4. The van der Waals surface area contributed by atoms with Crippen molar-refractivity contribution in [2.75, 3.05) is 0 Å². The van der Waals surface area contributed by atoms with Crippen LogP contribution in [0.2, 0.25) is 0 Å². The van der Waals surface area contributed by atoms with Crippen molar-refractivity contribution in [3.05, 3.63) is 0 Å². The van der Waals surface area contributed by atoms with Crippen LogP contribution in [0.25, 0.3) is 0 Å². The quantitative estimate of drug-likeness (QED) is 0.231. The van der Waals surface area contributed by atoms with E-state index in [9.17, 15) is 0 Å². The van der Waals surface area contributed by atoms with E-state index >= 15 is 0 Å². The Kier molecular flexibility index (Phi) is 26.5. The Morgan fingerprint density at radius 1 is 0.529 bits per heavy atom. The summed E-state index contributed by atoms with van der Waals surface area (Å²) in [5, 5.41) is 0. The van der Waals surface area contributed by atoms with Crippen LogP contribution in [-0.4, -0.2) is 14.7 Å². The Morgan fingerprint density at radius 2 is 0.529 bits per heavy atom. The predicted molar refractivity (Wildman–Crippen MR) is 29.5 cm³/mol. The molecule has 0 unspecified atom stereocenters. The van der Waals surface area contributed by atoms with Crippen LogP contribution in [0.4, 0.5) is 0 Å². The minimum Gasteiger partial charge on any atom is -0.790 e. The van der Waals surface area contributed by atoms with Crippen molar-refractivity contribution in [3.63, 3.8) is 0 Å². The second-order valence-electron chi connectivity index (χ2n) is 1.41. The molecular formula is H3Ce2O12P3. The Labute approximate surface area is 162 Å². The molecule has 0 amide bonds. The van der Waals surface area contributed by atoms with Gasteiger partial charge in [0.2, 0.25) is 0 Å². The van der Waals surface area contributed by atoms with Gasteiger partial charge in [0.25, 0.3) is 0 Å². The van der Waals surface area contributed by atoms with Crippen LogP contribution in [-0.2, 0) is 13.7 Å². The number of phosphoric acid groups is 3. The summed E-state index contributed by atoms with van der Waals surface area (Å²) in [4.78, 5) is 72.9. The van der Waals surface area contributed by atoms with Crippen molar-refractivity contribution < 1.29 is 141 Å². The zero-order valence-electron chi connectivity index (χ0n) is 7.36. The van der Waals surface area contributed by atoms with Crippen molar-refractivity contribution in [2.45, 2.75) is 0 Å². The molecule has 0 aromatic carbocycles. The number of rotatable bonds is 0. The summed E-state index contributed by atoms with van der Waals surface area (Å²) in [5.41, 5.74) is 0. The predicted octanol–water partition coefficient (Wildman–Crippen LogP) is -6.58. The summed E-state index contributed by atoms with van der Waals surface area (Å²) in [5.74, 6) is 0. The molecule has 0 aliphatic heterocycles. The molecule has 0 aromatic rings. The molecule has 12 nitrogen and oxygen atoms in total. The Hall–Kier alpha value is 3.08. The van der Waals surface area contributed by atoms with Gasteiger partial charge in [-0.3, -0.25) is 0 Å². The molecule has 0 aromatic heterocycles. The van der Waals surface area contributed by atoms with Crippen LogP contribution in [0.3, 0.4) is 0 Å². The van der Waals surface area contributed by atoms with Crippen molar-refractivity contribution in [1.29, 1.82) is 0 Å². The van der Waals surface area contributed by atoms with Gasteiger partial charge < -0.3 is 57.7 Å². The maximum absolute atomic E-state index is 8.66. The molecule has 17 heavy (non-hydrogen) atoms. The van der Waals surface area contributed by atoms with E-state index in [4.69, 9.17) is 57.7 Å². The smallest absolute Gasteiger partial charge is 0.790 e. The van der Waals surface area contributed by atoms with Gasteiger partial charge in [0.15, 0.2) is 0 Å². The topological polar surface area (TPSA) is 250 Å². The first kappa shape index (κ1) is 32.1. The normalized spacial score (nSPS) is 10.4. The molecule has 3 N–H and O–H groups in total. The molecule has 0 atom stereocenters. The SMILES string of the molecule is O=P([O-])([O-])O.O=P([O-])([O-])O.O=P([O-])([O-])O.[Ce+3].[Ce+3]. The minimum absolute atomic E-state index is 0. The summed E-state index contributed by atoms with van der Waals surface area (Å²) < 4.78 is 26.0. The molecule has 0 rings (SSSR count). The molecule has 0 spiro atoms. The molecule has 0 aliphatic carbocycles. The molecule has 0 fully saturated rings. The Bertz CT molecular complexity index is 206. The van der Waals surface area contributed by atoms with E-state index in [0.29, 0.717) is 0 Å². The van der Waals surface area contributed by atoms with Crippen LogP contribution in [0.15, 0.2) is 0 Å². The monoisotopic (exact) mass is 568 g/mol. The summed E-state index contributed by atoms with van der Waals surface area (Å²) in [6.45, 7) is 0. The summed E-state index contributed by atoms with van der Waals surface area (Å²) in [6, 6.07) is 0. The number of hydrogen-bond acceptors (Lipinski definition) is 9. The van der Waals surface area contributed by atoms with Gasteiger partial charge in [0.1, 0.15) is 0 Å². The second-order valence-corrected chi connectivity index (χ2v) is 4.22. The van der Waals surface area contributed by atoms with Gasteiger partial charge in [-0.05, 0) is 0 Å². The average molecular weight is 568 g/mol.